The number of aliphatic hydroxyl groups is 5. The highest BCUT2D eigenvalue weighted by molar-refractivity contribution is 5.82. The van der Waals surface area contributed by atoms with Crippen molar-refractivity contribution in [3.8, 4) is 0 Å². The molecule has 6 rings (SSSR count). The molecule has 0 spiro atoms. The van der Waals surface area contributed by atoms with Gasteiger partial charge in [0, 0.05) is 78.0 Å². The highest BCUT2D eigenvalue weighted by atomic mass is 16.7. The number of carboxylic acid groups (broad SMARTS) is 1. The molecule has 5 fully saturated rings. The standard InChI is InChI=1S/C66H96O22/c1-39(60(79-11)40(2)49-34-47(69)48(84-49)29-21-12-13-23-31-54(70)71)25-17-14-20-28-46(68)45(66(75)63(74)64(85-55(72)33-44-26-18-15-19-27-44)65(6,7)53(88-66)30-22-16-24-32-67)38-80-56-36-51(77-9)61(42(4)82-56)87-58-37-52(78-10)62(43(5)83-58)86-57-35-50(76-8)59(73)41(3)81-57/h12-19,21-27,29-31,40-43,45,47-53,56-64,67,69,73-75H,20,28,32-38H2,1-11H3,(H,70,71)/b13-12+,17-14+,24-16-,29-21+,30-22+,31-23+,39-25+/t40-,41-,42-,43-,45-,47-,48-,49+,50-,51-,52+,53-,56+,57-,58+,59+,60+,61+,62-,63+,64-,66+/m0/s1. The fraction of sp³-hybridized carbons (Fsp3) is 0.652. The van der Waals surface area contributed by atoms with Gasteiger partial charge in [-0.1, -0.05) is 124 Å². The molecule has 0 aromatic heterocycles. The number of carbonyl (C=O) groups excluding carboxylic acids is 2. The van der Waals surface area contributed by atoms with E-state index in [1.165, 1.54) is 26.4 Å². The van der Waals surface area contributed by atoms with Crippen LogP contribution >= 0.6 is 0 Å². The molecule has 5 heterocycles. The van der Waals surface area contributed by atoms with Gasteiger partial charge in [0.1, 0.15) is 42.4 Å². The summed E-state index contributed by atoms with van der Waals surface area (Å²) >= 11 is 0. The third-order valence-corrected chi connectivity index (χ3v) is 17.2. The third-order valence-electron chi connectivity index (χ3n) is 17.2. The maximum Gasteiger partial charge on any atom is 0.328 e. The summed E-state index contributed by atoms with van der Waals surface area (Å²) < 4.78 is 80.5. The lowest BCUT2D eigenvalue weighted by atomic mass is 9.70. The van der Waals surface area contributed by atoms with Crippen molar-refractivity contribution in [1.29, 1.82) is 0 Å². The zero-order valence-electron chi connectivity index (χ0n) is 52.6. The van der Waals surface area contributed by atoms with E-state index < -0.39 is 152 Å². The van der Waals surface area contributed by atoms with Crippen LogP contribution in [-0.2, 0) is 82.4 Å². The summed E-state index contributed by atoms with van der Waals surface area (Å²) in [5, 5.41) is 65.1. The molecule has 0 amide bonds. The van der Waals surface area contributed by atoms with E-state index >= 15 is 0 Å². The number of carboxylic acids is 1. The number of ether oxygens (including phenoxy) is 13. The first kappa shape index (κ1) is 72.4. The van der Waals surface area contributed by atoms with Gasteiger partial charge in [0.05, 0.1) is 86.6 Å². The zero-order valence-corrected chi connectivity index (χ0v) is 52.6. The van der Waals surface area contributed by atoms with Crippen molar-refractivity contribution < 1.29 is 107 Å². The molecule has 22 atom stereocenters. The summed E-state index contributed by atoms with van der Waals surface area (Å²) in [6, 6.07) is 8.91. The number of allylic oxidation sites excluding steroid dienone is 9. The van der Waals surface area contributed by atoms with Crippen LogP contribution in [0.15, 0.2) is 115 Å². The number of ketones is 1. The van der Waals surface area contributed by atoms with Crippen molar-refractivity contribution in [1.82, 2.24) is 0 Å². The van der Waals surface area contributed by atoms with Crippen molar-refractivity contribution in [2.75, 3.05) is 41.7 Å². The largest absolute Gasteiger partial charge is 0.478 e. The second-order valence-electron chi connectivity index (χ2n) is 23.8. The van der Waals surface area contributed by atoms with Crippen molar-refractivity contribution >= 4 is 17.7 Å². The smallest absolute Gasteiger partial charge is 0.328 e. The number of hydrogen-bond acceptors (Lipinski definition) is 21. The van der Waals surface area contributed by atoms with E-state index in [4.69, 9.17) is 66.7 Å². The SMILES string of the molecule is CO[C@H]1C[C@H](O[C@H]2[C@H](C)O[C@H](O[C@@H]3[C@H](C)O[C@@H](OC[C@@H](C(=O)CC/C=C/C=C(\C)[C@@H](OC)[C@@H](C)[C@H]4C[C@H](O)[C@H](/C=C/C=C/C=C/C(=O)O)O4)[C@@]4(O)O[C@@H](/C=C/C=C\CO)C(C)(C)[C@@H](OC(=O)Cc5ccccc5)[C@H]4O)C[C@@H]3OC)C[C@H]2OC)O[C@@H](C)[C@H]1O. The van der Waals surface area contributed by atoms with Crippen LogP contribution in [0.4, 0.5) is 0 Å². The van der Waals surface area contributed by atoms with Gasteiger partial charge in [0.2, 0.25) is 5.79 Å². The number of aliphatic hydroxyl groups excluding tert-OH is 4. The molecule has 22 heteroatoms. The van der Waals surface area contributed by atoms with Gasteiger partial charge in [-0.25, -0.2) is 4.79 Å². The van der Waals surface area contributed by atoms with Crippen molar-refractivity contribution in [2.45, 2.75) is 216 Å². The third kappa shape index (κ3) is 19.4. The Hall–Kier alpha value is -4.67. The van der Waals surface area contributed by atoms with Crippen molar-refractivity contribution in [2.24, 2.45) is 17.3 Å². The predicted octanol–water partition coefficient (Wildman–Crippen LogP) is 5.71. The van der Waals surface area contributed by atoms with Crippen LogP contribution in [0.3, 0.4) is 0 Å². The highest BCUT2D eigenvalue weighted by Crippen LogP contribution is 2.47. The Bertz CT molecular complexity index is 2550. The van der Waals surface area contributed by atoms with E-state index in [-0.39, 0.29) is 50.7 Å². The summed E-state index contributed by atoms with van der Waals surface area (Å²) in [7, 11) is 6.23. The van der Waals surface area contributed by atoms with Crippen LogP contribution in [0.5, 0.6) is 0 Å². The molecule has 1 aromatic carbocycles. The molecular weight excluding hydrogens is 1140 g/mol. The number of rotatable bonds is 30. The molecule has 0 unspecified atom stereocenters. The van der Waals surface area contributed by atoms with Crippen LogP contribution in [-0.4, -0.2) is 212 Å². The van der Waals surface area contributed by atoms with Gasteiger partial charge in [-0.2, -0.15) is 0 Å². The van der Waals surface area contributed by atoms with Gasteiger partial charge in [-0.15, -0.1) is 0 Å². The summed E-state index contributed by atoms with van der Waals surface area (Å²) in [5.41, 5.74) is 0.299. The minimum absolute atomic E-state index is 0.1000. The molecule has 0 saturated carbocycles. The van der Waals surface area contributed by atoms with Gasteiger partial charge in [0.15, 0.2) is 18.9 Å². The van der Waals surface area contributed by atoms with E-state index in [0.29, 0.717) is 18.4 Å². The molecule has 6 N–H and O–H groups in total. The number of Topliss-reactive ketones (excluding diaryl/α,β-unsaturated/α-hetero) is 1. The van der Waals surface area contributed by atoms with E-state index in [9.17, 15) is 39.9 Å². The Morgan fingerprint density at radius 3 is 1.97 bits per heavy atom. The van der Waals surface area contributed by atoms with Crippen LogP contribution in [0, 0.1) is 17.3 Å². The Morgan fingerprint density at radius 2 is 1.34 bits per heavy atom. The van der Waals surface area contributed by atoms with Gasteiger partial charge >= 0.3 is 11.9 Å². The van der Waals surface area contributed by atoms with E-state index in [2.05, 4.69) is 0 Å². The first-order valence-corrected chi connectivity index (χ1v) is 30.4. The number of hydrogen-bond donors (Lipinski definition) is 6. The zero-order chi connectivity index (χ0) is 64.3. The Kier molecular flexibility index (Phi) is 28.5. The molecule has 1 aromatic rings. The molecule has 5 aliphatic rings. The highest BCUT2D eigenvalue weighted by Gasteiger charge is 2.63. The van der Waals surface area contributed by atoms with Gasteiger partial charge in [0.25, 0.3) is 0 Å². The molecule has 88 heavy (non-hydrogen) atoms. The molecule has 5 aliphatic heterocycles. The summed E-state index contributed by atoms with van der Waals surface area (Å²) in [6.45, 7) is 11.9. The average molecular weight is 1240 g/mol. The minimum atomic E-state index is -2.72. The summed E-state index contributed by atoms with van der Waals surface area (Å²) in [5.74, 6) is -6.81. The number of benzene rings is 1. The molecule has 492 valence electrons. The Balaban J connectivity index is 1.19. The molecule has 0 aliphatic carbocycles. The van der Waals surface area contributed by atoms with Crippen LogP contribution < -0.4 is 0 Å². The van der Waals surface area contributed by atoms with Crippen molar-refractivity contribution in [3.63, 3.8) is 0 Å². The van der Waals surface area contributed by atoms with Gasteiger partial charge in [-0.3, -0.25) is 9.59 Å². The maximum absolute atomic E-state index is 14.9. The van der Waals surface area contributed by atoms with E-state index in [1.807, 2.05) is 32.9 Å². The molecular formula is C66H96O22. The summed E-state index contributed by atoms with van der Waals surface area (Å²) in [6.07, 6.45) is 7.19. The lowest BCUT2D eigenvalue weighted by Crippen LogP contribution is -2.70. The Labute approximate surface area is 517 Å². The van der Waals surface area contributed by atoms with Crippen LogP contribution in [0.25, 0.3) is 0 Å². The second-order valence-corrected chi connectivity index (χ2v) is 23.8. The normalized spacial score (nSPS) is 36.1. The average Bonchev–Trinajstić information content (AvgIpc) is 0.881. The number of carbonyl (C=O) groups is 3. The van der Waals surface area contributed by atoms with Crippen LogP contribution in [0.2, 0.25) is 0 Å². The minimum Gasteiger partial charge on any atom is -0.478 e. The van der Waals surface area contributed by atoms with Crippen molar-refractivity contribution in [3.05, 3.63) is 120 Å². The molecule has 0 radical (unpaired) electrons. The van der Waals surface area contributed by atoms with Gasteiger partial charge in [-0.05, 0) is 45.3 Å². The van der Waals surface area contributed by atoms with E-state index in [0.717, 1.165) is 11.6 Å². The van der Waals surface area contributed by atoms with E-state index in [1.54, 1.807) is 121 Å². The monoisotopic (exact) mass is 1240 g/mol. The van der Waals surface area contributed by atoms with Gasteiger partial charge < -0.3 is 92.2 Å². The Morgan fingerprint density at radius 1 is 0.739 bits per heavy atom. The molecule has 0 bridgehead atoms. The first-order valence-electron chi connectivity index (χ1n) is 30.4. The number of methoxy groups -OCH3 is 4. The van der Waals surface area contributed by atoms with Crippen LogP contribution in [0.1, 0.15) is 92.6 Å². The lowest BCUT2D eigenvalue weighted by molar-refractivity contribution is -0.367. The fourth-order valence-electron chi connectivity index (χ4n) is 12.1. The quantitative estimate of drug-likeness (QED) is 0.0305. The predicted molar refractivity (Wildman–Crippen MR) is 321 cm³/mol. The fourth-order valence-corrected chi connectivity index (χ4v) is 12.1. The maximum atomic E-state index is 14.9. The summed E-state index contributed by atoms with van der Waals surface area (Å²) in [4.78, 5) is 39.4. The number of aliphatic carboxylic acids is 1. The topological polar surface area (TPSA) is 293 Å². The molecule has 5 saturated heterocycles. The second kappa shape index (κ2) is 34.7. The first-order chi connectivity index (χ1) is 42.0. The molecule has 22 nitrogen and oxygen atoms in total. The number of esters is 1. The lowest BCUT2D eigenvalue weighted by Gasteiger charge is -2.54.